The molecule has 1 fully saturated rings. The number of esters is 2. The average Bonchev–Trinajstić information content (AvgIpc) is 2.37. The van der Waals surface area contributed by atoms with Crippen molar-refractivity contribution in [3.05, 3.63) is 0 Å². The lowest BCUT2D eigenvalue weighted by Crippen LogP contribution is -2.55. The normalized spacial score (nSPS) is 30.1. The fourth-order valence-corrected chi connectivity index (χ4v) is 3.04. The average molecular weight is 286 g/mol. The summed E-state index contributed by atoms with van der Waals surface area (Å²) < 4.78 is 9.95. The molecular weight excluding hydrogens is 260 g/mol. The molecule has 5 heteroatoms. The van der Waals surface area contributed by atoms with Gasteiger partial charge in [0.25, 0.3) is 0 Å². The van der Waals surface area contributed by atoms with E-state index in [1.165, 1.54) is 0 Å². The first-order valence-electron chi connectivity index (χ1n) is 7.44. The standard InChI is InChI=1S/C15H26O5/c1-5-19-13(16)12(14(17)20-6-2)15(18)9-7-8-10(3)11(15)4/h10-12,18H,5-9H2,1-4H3. The minimum absolute atomic E-state index is 0.157. The summed E-state index contributed by atoms with van der Waals surface area (Å²) in [6, 6.07) is 0. The smallest absolute Gasteiger partial charge is 0.323 e. The highest BCUT2D eigenvalue weighted by Crippen LogP contribution is 2.43. The van der Waals surface area contributed by atoms with Crippen LogP contribution >= 0.6 is 0 Å². The van der Waals surface area contributed by atoms with Gasteiger partial charge in [-0.15, -0.1) is 0 Å². The van der Waals surface area contributed by atoms with Gasteiger partial charge in [-0.2, -0.15) is 0 Å². The van der Waals surface area contributed by atoms with Crippen molar-refractivity contribution >= 4 is 11.9 Å². The Kier molecular flexibility index (Phi) is 5.99. The Hall–Kier alpha value is -1.10. The first kappa shape index (κ1) is 17.0. The minimum atomic E-state index is -1.38. The fraction of sp³-hybridized carbons (Fsp3) is 0.867. The molecule has 0 aliphatic heterocycles. The summed E-state index contributed by atoms with van der Waals surface area (Å²) in [7, 11) is 0. The Morgan fingerprint density at radius 2 is 1.70 bits per heavy atom. The van der Waals surface area contributed by atoms with Crippen LogP contribution in [0.25, 0.3) is 0 Å². The molecule has 5 nitrogen and oxygen atoms in total. The van der Waals surface area contributed by atoms with Crippen LogP contribution in [0.1, 0.15) is 47.0 Å². The summed E-state index contributed by atoms with van der Waals surface area (Å²) in [6.07, 6.45) is 2.19. The number of carbonyl (C=O) groups is 2. The quantitative estimate of drug-likeness (QED) is 0.617. The van der Waals surface area contributed by atoms with Crippen molar-refractivity contribution in [1.29, 1.82) is 0 Å². The maximum atomic E-state index is 12.1. The predicted octanol–water partition coefficient (Wildman–Crippen LogP) is 1.92. The van der Waals surface area contributed by atoms with Crippen LogP contribution in [-0.4, -0.2) is 35.9 Å². The molecule has 1 aliphatic rings. The van der Waals surface area contributed by atoms with Crippen LogP contribution in [-0.2, 0) is 19.1 Å². The summed E-state index contributed by atoms with van der Waals surface area (Å²) in [5.74, 6) is -2.53. The van der Waals surface area contributed by atoms with Gasteiger partial charge in [0, 0.05) is 0 Å². The molecule has 0 amide bonds. The molecule has 0 spiro atoms. The van der Waals surface area contributed by atoms with E-state index < -0.39 is 23.5 Å². The third-order valence-corrected chi connectivity index (χ3v) is 4.42. The van der Waals surface area contributed by atoms with E-state index in [0.29, 0.717) is 6.42 Å². The first-order chi connectivity index (χ1) is 9.38. The lowest BCUT2D eigenvalue weighted by Gasteiger charge is -2.44. The van der Waals surface area contributed by atoms with E-state index in [9.17, 15) is 14.7 Å². The van der Waals surface area contributed by atoms with E-state index in [1.807, 2.05) is 13.8 Å². The van der Waals surface area contributed by atoms with Gasteiger partial charge >= 0.3 is 11.9 Å². The topological polar surface area (TPSA) is 72.8 Å². The monoisotopic (exact) mass is 286 g/mol. The van der Waals surface area contributed by atoms with Crippen molar-refractivity contribution in [3.8, 4) is 0 Å². The van der Waals surface area contributed by atoms with Crippen molar-refractivity contribution in [3.63, 3.8) is 0 Å². The maximum absolute atomic E-state index is 12.1. The second kappa shape index (κ2) is 7.07. The van der Waals surface area contributed by atoms with Gasteiger partial charge < -0.3 is 14.6 Å². The minimum Gasteiger partial charge on any atom is -0.465 e. The van der Waals surface area contributed by atoms with Crippen LogP contribution in [0.15, 0.2) is 0 Å². The molecule has 20 heavy (non-hydrogen) atoms. The van der Waals surface area contributed by atoms with Crippen molar-refractivity contribution in [1.82, 2.24) is 0 Å². The van der Waals surface area contributed by atoms with Crippen molar-refractivity contribution in [2.24, 2.45) is 17.8 Å². The SMILES string of the molecule is CCOC(=O)C(C(=O)OCC)C1(O)CCCC(C)C1C. The van der Waals surface area contributed by atoms with Gasteiger partial charge in [-0.1, -0.05) is 26.7 Å². The number of carbonyl (C=O) groups excluding carboxylic acids is 2. The Balaban J connectivity index is 3.07. The van der Waals surface area contributed by atoms with Gasteiger partial charge in [-0.3, -0.25) is 9.59 Å². The zero-order valence-electron chi connectivity index (χ0n) is 12.8. The lowest BCUT2D eigenvalue weighted by molar-refractivity contribution is -0.185. The molecule has 0 aromatic rings. The van der Waals surface area contributed by atoms with Crippen molar-refractivity contribution in [2.75, 3.05) is 13.2 Å². The van der Waals surface area contributed by atoms with E-state index in [-0.39, 0.29) is 25.0 Å². The first-order valence-corrected chi connectivity index (χ1v) is 7.44. The molecule has 0 aromatic carbocycles. The van der Waals surface area contributed by atoms with Gasteiger partial charge in [-0.05, 0) is 32.1 Å². The second-order valence-electron chi connectivity index (χ2n) is 5.59. The highest BCUT2D eigenvalue weighted by molar-refractivity contribution is 5.96. The van der Waals surface area contributed by atoms with E-state index in [4.69, 9.17) is 9.47 Å². The zero-order chi connectivity index (χ0) is 15.3. The van der Waals surface area contributed by atoms with Crippen LogP contribution in [0.2, 0.25) is 0 Å². The molecule has 0 saturated heterocycles. The molecule has 0 bridgehead atoms. The third kappa shape index (κ3) is 3.32. The molecule has 3 unspecified atom stereocenters. The Morgan fingerprint density at radius 1 is 1.20 bits per heavy atom. The molecule has 0 aromatic heterocycles. The Labute approximate surface area is 120 Å². The van der Waals surface area contributed by atoms with Gasteiger partial charge in [0.15, 0.2) is 5.92 Å². The van der Waals surface area contributed by atoms with E-state index >= 15 is 0 Å². The van der Waals surface area contributed by atoms with Crippen LogP contribution < -0.4 is 0 Å². The molecule has 116 valence electrons. The summed E-state index contributed by atoms with van der Waals surface area (Å²) in [6.45, 7) is 7.62. The zero-order valence-corrected chi connectivity index (χ0v) is 12.8. The molecule has 1 aliphatic carbocycles. The Morgan fingerprint density at radius 3 is 2.15 bits per heavy atom. The molecule has 0 radical (unpaired) electrons. The van der Waals surface area contributed by atoms with Gasteiger partial charge in [0.1, 0.15) is 0 Å². The van der Waals surface area contributed by atoms with Crippen molar-refractivity contribution in [2.45, 2.75) is 52.6 Å². The van der Waals surface area contributed by atoms with Gasteiger partial charge in [0.2, 0.25) is 0 Å². The largest absolute Gasteiger partial charge is 0.465 e. The summed E-state index contributed by atoms with van der Waals surface area (Å²) in [5.41, 5.74) is -1.38. The second-order valence-corrected chi connectivity index (χ2v) is 5.59. The lowest BCUT2D eigenvalue weighted by atomic mass is 9.65. The van der Waals surface area contributed by atoms with Gasteiger partial charge in [-0.25, -0.2) is 0 Å². The predicted molar refractivity (Wildman–Crippen MR) is 73.9 cm³/mol. The van der Waals surface area contributed by atoms with E-state index in [2.05, 4.69) is 0 Å². The molecular formula is C15H26O5. The molecule has 1 saturated carbocycles. The van der Waals surface area contributed by atoms with Crippen molar-refractivity contribution < 1.29 is 24.2 Å². The molecule has 1 rings (SSSR count). The van der Waals surface area contributed by atoms with E-state index in [0.717, 1.165) is 12.8 Å². The number of rotatable bonds is 5. The van der Waals surface area contributed by atoms with Crippen LogP contribution in [0.4, 0.5) is 0 Å². The molecule has 3 atom stereocenters. The number of ether oxygens (including phenoxy) is 2. The highest BCUT2D eigenvalue weighted by atomic mass is 16.6. The molecule has 1 N–H and O–H groups in total. The van der Waals surface area contributed by atoms with Crippen LogP contribution in [0.5, 0.6) is 0 Å². The summed E-state index contributed by atoms with van der Waals surface area (Å²) in [4.78, 5) is 24.3. The summed E-state index contributed by atoms with van der Waals surface area (Å²) >= 11 is 0. The highest BCUT2D eigenvalue weighted by Gasteiger charge is 2.53. The number of aliphatic hydroxyl groups is 1. The van der Waals surface area contributed by atoms with E-state index in [1.54, 1.807) is 13.8 Å². The van der Waals surface area contributed by atoms with Gasteiger partial charge in [0.05, 0.1) is 18.8 Å². The molecule has 0 heterocycles. The maximum Gasteiger partial charge on any atom is 0.323 e. The Bertz CT molecular complexity index is 336. The van der Waals surface area contributed by atoms with Crippen LogP contribution in [0.3, 0.4) is 0 Å². The number of hydrogen-bond acceptors (Lipinski definition) is 5. The third-order valence-electron chi connectivity index (χ3n) is 4.42. The fourth-order valence-electron chi connectivity index (χ4n) is 3.04. The summed E-state index contributed by atoms with van der Waals surface area (Å²) in [5, 5.41) is 11.0. The van der Waals surface area contributed by atoms with Crippen LogP contribution in [0, 0.1) is 17.8 Å². The number of hydrogen-bond donors (Lipinski definition) is 1.